The van der Waals surface area contributed by atoms with E-state index in [0.717, 1.165) is 25.1 Å². The summed E-state index contributed by atoms with van der Waals surface area (Å²) in [7, 11) is 0. The monoisotopic (exact) mass is 385 g/mol. The molecular weight excluding hydrogens is 354 g/mol. The molecule has 1 saturated heterocycles. The highest BCUT2D eigenvalue weighted by molar-refractivity contribution is 6.40. The van der Waals surface area contributed by atoms with Crippen LogP contribution in [-0.4, -0.2) is 54.1 Å². The van der Waals surface area contributed by atoms with Gasteiger partial charge in [-0.3, -0.25) is 14.6 Å². The van der Waals surface area contributed by atoms with E-state index in [1.54, 1.807) is 5.01 Å². The molecular formula is C21H31N5O2. The van der Waals surface area contributed by atoms with Gasteiger partial charge in [-0.2, -0.15) is 5.10 Å². The van der Waals surface area contributed by atoms with Crippen LogP contribution in [0.4, 0.5) is 5.69 Å². The molecule has 1 aromatic rings. The molecule has 2 aliphatic rings. The SMILES string of the molecule is CC1CCCCN1CCCCNC(=O)C1=NN(c2ccccc2)C(C(N)=O)C1. The largest absolute Gasteiger partial charge is 0.368 e. The molecule has 28 heavy (non-hydrogen) atoms. The number of primary amides is 1. The second kappa shape index (κ2) is 9.68. The molecule has 2 aliphatic heterocycles. The van der Waals surface area contributed by atoms with E-state index < -0.39 is 11.9 Å². The lowest BCUT2D eigenvalue weighted by molar-refractivity contribution is -0.119. The molecule has 0 radical (unpaired) electrons. The normalized spacial score (nSPS) is 22.8. The Morgan fingerprint density at radius 2 is 2.00 bits per heavy atom. The van der Waals surface area contributed by atoms with Crippen LogP contribution in [0.1, 0.15) is 45.4 Å². The first-order valence-electron chi connectivity index (χ1n) is 10.3. The van der Waals surface area contributed by atoms with E-state index in [0.29, 0.717) is 18.3 Å². The molecule has 0 saturated carbocycles. The van der Waals surface area contributed by atoms with E-state index in [4.69, 9.17) is 5.73 Å². The Hall–Kier alpha value is -2.41. The Kier molecular flexibility index (Phi) is 7.03. The van der Waals surface area contributed by atoms with Gasteiger partial charge in [-0.05, 0) is 57.8 Å². The number of nitrogens with two attached hydrogens (primary N) is 1. The molecule has 0 bridgehead atoms. The van der Waals surface area contributed by atoms with Gasteiger partial charge in [-0.15, -0.1) is 0 Å². The van der Waals surface area contributed by atoms with E-state index in [-0.39, 0.29) is 12.3 Å². The van der Waals surface area contributed by atoms with Gasteiger partial charge in [0, 0.05) is 19.0 Å². The molecule has 3 N–H and O–H groups in total. The molecule has 0 spiro atoms. The number of unbranched alkanes of at least 4 members (excludes halogenated alkanes) is 1. The summed E-state index contributed by atoms with van der Waals surface area (Å²) < 4.78 is 0. The van der Waals surface area contributed by atoms with Crippen molar-refractivity contribution in [3.63, 3.8) is 0 Å². The highest BCUT2D eigenvalue weighted by Crippen LogP contribution is 2.24. The molecule has 3 rings (SSSR count). The molecule has 1 fully saturated rings. The predicted molar refractivity (Wildman–Crippen MR) is 111 cm³/mol. The zero-order valence-electron chi connectivity index (χ0n) is 16.6. The molecule has 0 aliphatic carbocycles. The first-order valence-corrected chi connectivity index (χ1v) is 10.3. The van der Waals surface area contributed by atoms with Crippen molar-refractivity contribution in [2.24, 2.45) is 10.8 Å². The van der Waals surface area contributed by atoms with Crippen LogP contribution >= 0.6 is 0 Å². The molecule has 2 amide bonds. The van der Waals surface area contributed by atoms with Gasteiger partial charge in [0.1, 0.15) is 11.8 Å². The zero-order chi connectivity index (χ0) is 19.9. The third kappa shape index (κ3) is 5.10. The lowest BCUT2D eigenvalue weighted by atomic mass is 10.0. The van der Waals surface area contributed by atoms with Crippen molar-refractivity contribution in [3.8, 4) is 0 Å². The van der Waals surface area contributed by atoms with Crippen molar-refractivity contribution in [2.45, 2.75) is 57.5 Å². The van der Waals surface area contributed by atoms with Crippen LogP contribution in [-0.2, 0) is 9.59 Å². The average Bonchev–Trinajstić information content (AvgIpc) is 3.15. The minimum atomic E-state index is -0.622. The van der Waals surface area contributed by atoms with Gasteiger partial charge in [0.05, 0.1) is 5.69 Å². The molecule has 7 heteroatoms. The number of nitrogens with one attached hydrogen (secondary N) is 1. The highest BCUT2D eigenvalue weighted by atomic mass is 16.2. The van der Waals surface area contributed by atoms with Crippen LogP contribution < -0.4 is 16.1 Å². The Morgan fingerprint density at radius 1 is 1.21 bits per heavy atom. The van der Waals surface area contributed by atoms with Crippen molar-refractivity contribution in [1.29, 1.82) is 0 Å². The second-order valence-electron chi connectivity index (χ2n) is 7.69. The van der Waals surface area contributed by atoms with Gasteiger partial charge in [0.2, 0.25) is 5.91 Å². The third-order valence-corrected chi connectivity index (χ3v) is 5.62. The summed E-state index contributed by atoms with van der Waals surface area (Å²) in [6.45, 7) is 5.19. The summed E-state index contributed by atoms with van der Waals surface area (Å²) in [5.74, 6) is -0.693. The maximum absolute atomic E-state index is 12.5. The minimum absolute atomic E-state index is 0.212. The van der Waals surface area contributed by atoms with Crippen LogP contribution in [0, 0.1) is 0 Å². The number of hydrogen-bond acceptors (Lipinski definition) is 5. The number of hydrogen-bond donors (Lipinski definition) is 2. The predicted octanol–water partition coefficient (Wildman–Crippen LogP) is 1.88. The first-order chi connectivity index (χ1) is 13.6. The van der Waals surface area contributed by atoms with Gasteiger partial charge in [0.25, 0.3) is 5.91 Å². The van der Waals surface area contributed by atoms with Crippen LogP contribution in [0.25, 0.3) is 0 Å². The summed E-state index contributed by atoms with van der Waals surface area (Å²) in [6.07, 6.45) is 6.15. The Labute approximate surface area is 166 Å². The van der Waals surface area contributed by atoms with Gasteiger partial charge in [0.15, 0.2) is 0 Å². The number of hydrazone groups is 1. The number of carbonyl (C=O) groups is 2. The zero-order valence-corrected chi connectivity index (χ0v) is 16.6. The van der Waals surface area contributed by atoms with E-state index >= 15 is 0 Å². The third-order valence-electron chi connectivity index (χ3n) is 5.62. The second-order valence-corrected chi connectivity index (χ2v) is 7.69. The topological polar surface area (TPSA) is 91.0 Å². The number of amides is 2. The smallest absolute Gasteiger partial charge is 0.267 e. The van der Waals surface area contributed by atoms with Crippen molar-refractivity contribution in [2.75, 3.05) is 24.6 Å². The fourth-order valence-electron chi connectivity index (χ4n) is 3.92. The molecule has 0 aromatic heterocycles. The molecule has 7 nitrogen and oxygen atoms in total. The summed E-state index contributed by atoms with van der Waals surface area (Å²) in [4.78, 5) is 26.8. The maximum Gasteiger partial charge on any atom is 0.267 e. The van der Waals surface area contributed by atoms with Crippen molar-refractivity contribution >= 4 is 23.2 Å². The Balaban J connectivity index is 1.46. The number of rotatable bonds is 8. The van der Waals surface area contributed by atoms with Crippen LogP contribution in [0.5, 0.6) is 0 Å². The first kappa shape index (κ1) is 20.3. The summed E-state index contributed by atoms with van der Waals surface area (Å²) in [5.41, 5.74) is 6.63. The number of benzene rings is 1. The van der Waals surface area contributed by atoms with E-state index in [1.165, 1.54) is 25.8 Å². The van der Waals surface area contributed by atoms with E-state index in [2.05, 4.69) is 22.2 Å². The minimum Gasteiger partial charge on any atom is -0.368 e. The molecule has 152 valence electrons. The summed E-state index contributed by atoms with van der Waals surface area (Å²) in [6, 6.07) is 9.37. The fraction of sp³-hybridized carbons (Fsp3) is 0.571. The van der Waals surface area contributed by atoms with Crippen LogP contribution in [0.2, 0.25) is 0 Å². The van der Waals surface area contributed by atoms with Crippen molar-refractivity contribution in [1.82, 2.24) is 10.2 Å². The fourth-order valence-corrected chi connectivity index (χ4v) is 3.92. The molecule has 2 atom stereocenters. The average molecular weight is 386 g/mol. The van der Waals surface area contributed by atoms with Crippen LogP contribution in [0.3, 0.4) is 0 Å². The number of nitrogens with zero attached hydrogens (tertiary/aromatic N) is 3. The standard InChI is InChI=1S/C21H31N5O2/c1-16-9-5-7-13-25(16)14-8-6-12-23-21(28)18-15-19(20(22)27)26(24-18)17-10-3-2-4-11-17/h2-4,10-11,16,19H,5-9,12-15H2,1H3,(H2,22,27)(H,23,28). The van der Waals surface area contributed by atoms with E-state index in [9.17, 15) is 9.59 Å². The highest BCUT2D eigenvalue weighted by Gasteiger charge is 2.34. The number of anilines is 1. The number of carbonyl (C=O) groups excluding carboxylic acids is 2. The molecule has 2 heterocycles. The Morgan fingerprint density at radius 3 is 2.71 bits per heavy atom. The number of piperidine rings is 1. The lowest BCUT2D eigenvalue weighted by Gasteiger charge is -2.33. The quantitative estimate of drug-likeness (QED) is 0.669. The molecule has 1 aromatic carbocycles. The summed E-state index contributed by atoms with van der Waals surface area (Å²) >= 11 is 0. The number of likely N-dealkylation sites (tertiary alicyclic amines) is 1. The molecule has 2 unspecified atom stereocenters. The van der Waals surface area contributed by atoms with Crippen molar-refractivity contribution < 1.29 is 9.59 Å². The van der Waals surface area contributed by atoms with Crippen LogP contribution in [0.15, 0.2) is 35.4 Å². The van der Waals surface area contributed by atoms with Gasteiger partial charge < -0.3 is 16.0 Å². The lowest BCUT2D eigenvalue weighted by Crippen LogP contribution is -2.40. The van der Waals surface area contributed by atoms with Gasteiger partial charge >= 0.3 is 0 Å². The summed E-state index contributed by atoms with van der Waals surface area (Å²) in [5, 5.41) is 8.86. The van der Waals surface area contributed by atoms with E-state index in [1.807, 2.05) is 30.3 Å². The van der Waals surface area contributed by atoms with Gasteiger partial charge in [-0.25, -0.2) is 0 Å². The van der Waals surface area contributed by atoms with Crippen molar-refractivity contribution in [3.05, 3.63) is 30.3 Å². The number of para-hydroxylation sites is 1. The maximum atomic E-state index is 12.5. The Bertz CT molecular complexity index is 706. The van der Waals surface area contributed by atoms with Gasteiger partial charge in [-0.1, -0.05) is 24.6 Å².